The normalized spacial score (nSPS) is 11.8. The van der Waals surface area contributed by atoms with Gasteiger partial charge in [0.25, 0.3) is 0 Å². The van der Waals surface area contributed by atoms with Gasteiger partial charge in [0.05, 0.1) is 34.0 Å². The highest BCUT2D eigenvalue weighted by Crippen LogP contribution is 2.54. The molecule has 0 saturated carbocycles. The summed E-state index contributed by atoms with van der Waals surface area (Å²) >= 11 is 0. The molecule has 3 heterocycles. The van der Waals surface area contributed by atoms with Crippen LogP contribution in [-0.4, -0.2) is 14.5 Å². The van der Waals surface area contributed by atoms with Crippen LogP contribution in [0.1, 0.15) is 0 Å². The summed E-state index contributed by atoms with van der Waals surface area (Å²) < 4.78 is 2.45. The van der Waals surface area contributed by atoms with Crippen LogP contribution in [0, 0.1) is 0 Å². The number of hydrogen-bond donors (Lipinski definition) is 0. The Morgan fingerprint density at radius 1 is 0.345 bits per heavy atom. The minimum atomic E-state index is 0.711. The maximum atomic E-state index is 5.08. The Morgan fingerprint density at radius 2 is 0.828 bits per heavy atom. The third kappa shape index (κ3) is 5.70. The molecule has 4 heteroatoms. The molecule has 0 aliphatic carbocycles. The smallest absolute Gasteiger partial charge is 0.160 e. The molecule has 10 aromatic rings. The molecule has 0 saturated heterocycles. The SMILES string of the molecule is c1ccc(-c2cc(-c3ccc(-c4ccc5c(c4)c4c(n5-c5ccccc5)-c5ccccc5N(c5ccccc5)c5ccccc5-4)cc3)nc(-c3ccccc3)n2)cc1. The van der Waals surface area contributed by atoms with Gasteiger partial charge in [-0.1, -0.05) is 164 Å². The van der Waals surface area contributed by atoms with Crippen molar-refractivity contribution in [3.05, 3.63) is 218 Å². The van der Waals surface area contributed by atoms with E-state index in [0.717, 1.165) is 67.5 Å². The third-order valence-corrected chi connectivity index (χ3v) is 11.2. The number of fused-ring (bicyclic) bond motifs is 7. The highest BCUT2D eigenvalue weighted by Gasteiger charge is 2.31. The van der Waals surface area contributed by atoms with Crippen molar-refractivity contribution in [1.29, 1.82) is 0 Å². The van der Waals surface area contributed by atoms with Gasteiger partial charge in [-0.2, -0.15) is 0 Å². The summed E-state index contributed by atoms with van der Waals surface area (Å²) in [6.45, 7) is 0. The van der Waals surface area contributed by atoms with Gasteiger partial charge in [0.15, 0.2) is 5.82 Å². The van der Waals surface area contributed by atoms with E-state index in [1.807, 2.05) is 24.3 Å². The topological polar surface area (TPSA) is 34.0 Å². The standard InChI is InChI=1S/C54H36N4/c1-5-17-38(18-6-1)47-36-48(56-54(55-47)40-19-7-2-8-20-40)39-31-29-37(30-32-39)41-33-34-51-46(35-41)52-44-25-13-15-27-49(44)57(42-21-9-3-10-22-42)50-28-16-14-26-45(50)53(52)58(51)43-23-11-4-12-24-43/h1-36H. The summed E-state index contributed by atoms with van der Waals surface area (Å²) in [4.78, 5) is 12.5. The molecular formula is C54H36N4. The number of rotatable bonds is 6. The van der Waals surface area contributed by atoms with Crippen molar-refractivity contribution in [1.82, 2.24) is 14.5 Å². The predicted molar refractivity (Wildman–Crippen MR) is 240 cm³/mol. The van der Waals surface area contributed by atoms with Crippen LogP contribution in [0.2, 0.25) is 0 Å². The summed E-state index contributed by atoms with van der Waals surface area (Å²) in [6.07, 6.45) is 0. The van der Waals surface area contributed by atoms with Gasteiger partial charge in [-0.3, -0.25) is 0 Å². The first-order valence-electron chi connectivity index (χ1n) is 19.7. The van der Waals surface area contributed by atoms with Crippen molar-refractivity contribution in [2.45, 2.75) is 0 Å². The molecule has 58 heavy (non-hydrogen) atoms. The van der Waals surface area contributed by atoms with Crippen molar-refractivity contribution in [2.24, 2.45) is 0 Å². The second kappa shape index (κ2) is 14.0. The van der Waals surface area contributed by atoms with Gasteiger partial charge >= 0.3 is 0 Å². The maximum absolute atomic E-state index is 5.08. The Bertz CT molecular complexity index is 3020. The molecule has 8 aromatic carbocycles. The number of anilines is 3. The fraction of sp³-hybridized carbons (Fsp3) is 0. The van der Waals surface area contributed by atoms with Gasteiger partial charge < -0.3 is 9.47 Å². The lowest BCUT2D eigenvalue weighted by molar-refractivity contribution is 1.13. The molecule has 0 bridgehead atoms. The van der Waals surface area contributed by atoms with Crippen LogP contribution >= 0.6 is 0 Å². The number of benzene rings is 8. The van der Waals surface area contributed by atoms with Crippen LogP contribution in [0.5, 0.6) is 0 Å². The van der Waals surface area contributed by atoms with Gasteiger partial charge in [-0.15, -0.1) is 0 Å². The Hall–Kier alpha value is -7.82. The van der Waals surface area contributed by atoms with Crippen LogP contribution in [0.25, 0.3) is 84.0 Å². The number of hydrogen-bond acceptors (Lipinski definition) is 3. The molecule has 4 nitrogen and oxygen atoms in total. The molecule has 2 aromatic heterocycles. The Morgan fingerprint density at radius 3 is 1.48 bits per heavy atom. The van der Waals surface area contributed by atoms with Crippen LogP contribution in [0.3, 0.4) is 0 Å². The summed E-state index contributed by atoms with van der Waals surface area (Å²) in [5.41, 5.74) is 17.7. The zero-order chi connectivity index (χ0) is 38.4. The van der Waals surface area contributed by atoms with Crippen molar-refractivity contribution >= 4 is 28.0 Å². The minimum Gasteiger partial charge on any atom is -0.309 e. The molecule has 1 aliphatic rings. The van der Waals surface area contributed by atoms with E-state index in [0.29, 0.717) is 5.82 Å². The first-order chi connectivity index (χ1) is 28.8. The number of nitrogens with zero attached hydrogens (tertiary/aromatic N) is 4. The first kappa shape index (κ1) is 33.5. The molecule has 272 valence electrons. The van der Waals surface area contributed by atoms with E-state index in [9.17, 15) is 0 Å². The van der Waals surface area contributed by atoms with Gasteiger partial charge in [-0.25, -0.2) is 9.97 Å². The van der Waals surface area contributed by atoms with Gasteiger partial charge in [-0.05, 0) is 65.7 Å². The fourth-order valence-electron chi connectivity index (χ4n) is 8.48. The van der Waals surface area contributed by atoms with Gasteiger partial charge in [0.1, 0.15) is 0 Å². The summed E-state index contributed by atoms with van der Waals surface area (Å²) in [6, 6.07) is 77.5. The van der Waals surface area contributed by atoms with Crippen molar-refractivity contribution in [2.75, 3.05) is 4.90 Å². The van der Waals surface area contributed by atoms with E-state index in [1.165, 1.54) is 27.8 Å². The molecule has 0 spiro atoms. The Labute approximate surface area is 337 Å². The molecule has 0 radical (unpaired) electrons. The second-order valence-electron chi connectivity index (χ2n) is 14.6. The average Bonchev–Trinajstić information content (AvgIpc) is 3.58. The highest BCUT2D eigenvalue weighted by atomic mass is 15.2. The first-order valence-corrected chi connectivity index (χ1v) is 19.7. The van der Waals surface area contributed by atoms with E-state index < -0.39 is 0 Å². The van der Waals surface area contributed by atoms with Crippen molar-refractivity contribution in [3.63, 3.8) is 0 Å². The summed E-state index contributed by atoms with van der Waals surface area (Å²) in [5.74, 6) is 0.711. The molecular weight excluding hydrogens is 705 g/mol. The van der Waals surface area contributed by atoms with E-state index in [-0.39, 0.29) is 0 Å². The fourth-order valence-corrected chi connectivity index (χ4v) is 8.48. The Kier molecular flexibility index (Phi) is 8.11. The van der Waals surface area contributed by atoms with Crippen LogP contribution in [0.4, 0.5) is 17.1 Å². The lowest BCUT2D eigenvalue weighted by atomic mass is 9.95. The zero-order valence-electron chi connectivity index (χ0n) is 31.6. The zero-order valence-corrected chi connectivity index (χ0v) is 31.6. The predicted octanol–water partition coefficient (Wildman–Crippen LogP) is 14.2. The molecule has 11 rings (SSSR count). The van der Waals surface area contributed by atoms with E-state index in [2.05, 4.69) is 204 Å². The summed E-state index contributed by atoms with van der Waals surface area (Å²) in [5, 5.41) is 1.20. The van der Waals surface area contributed by atoms with Gasteiger partial charge in [0, 0.05) is 50.1 Å². The molecule has 0 unspecified atom stereocenters. The largest absolute Gasteiger partial charge is 0.309 e. The molecule has 0 N–H and O–H groups in total. The molecule has 0 fully saturated rings. The van der Waals surface area contributed by atoms with Gasteiger partial charge in [0.2, 0.25) is 0 Å². The second-order valence-corrected chi connectivity index (χ2v) is 14.6. The quantitative estimate of drug-likeness (QED) is 0.170. The highest BCUT2D eigenvalue weighted by molar-refractivity contribution is 6.13. The minimum absolute atomic E-state index is 0.711. The lowest BCUT2D eigenvalue weighted by Gasteiger charge is -2.27. The third-order valence-electron chi connectivity index (χ3n) is 11.2. The average molecular weight is 741 g/mol. The summed E-state index contributed by atoms with van der Waals surface area (Å²) in [7, 11) is 0. The van der Waals surface area contributed by atoms with Crippen LogP contribution in [-0.2, 0) is 0 Å². The van der Waals surface area contributed by atoms with E-state index >= 15 is 0 Å². The molecule has 0 amide bonds. The Balaban J connectivity index is 1.09. The number of aromatic nitrogens is 3. The maximum Gasteiger partial charge on any atom is 0.160 e. The monoisotopic (exact) mass is 740 g/mol. The van der Waals surface area contributed by atoms with E-state index in [4.69, 9.17) is 9.97 Å². The van der Waals surface area contributed by atoms with Crippen molar-refractivity contribution in [3.8, 4) is 73.1 Å². The van der Waals surface area contributed by atoms with Crippen LogP contribution < -0.4 is 4.90 Å². The molecule has 0 atom stereocenters. The number of para-hydroxylation sites is 4. The van der Waals surface area contributed by atoms with E-state index in [1.54, 1.807) is 0 Å². The van der Waals surface area contributed by atoms with Crippen molar-refractivity contribution < 1.29 is 0 Å². The van der Waals surface area contributed by atoms with Crippen LogP contribution in [0.15, 0.2) is 218 Å². The molecule has 1 aliphatic heterocycles. The lowest BCUT2D eigenvalue weighted by Crippen LogP contribution is -2.11.